The van der Waals surface area contributed by atoms with Gasteiger partial charge < -0.3 is 14.2 Å². The molecule has 4 atom stereocenters. The van der Waals surface area contributed by atoms with Crippen LogP contribution in [0.2, 0.25) is 0 Å². The molecule has 0 unspecified atom stereocenters. The number of ether oxygens (including phenoxy) is 3. The lowest BCUT2D eigenvalue weighted by Gasteiger charge is -2.53. The Bertz CT molecular complexity index is 784. The fourth-order valence-electron chi connectivity index (χ4n) is 6.46. The fourth-order valence-corrected chi connectivity index (χ4v) is 6.46. The number of carbonyl (C=O) groups is 2. The molecule has 2 saturated carbocycles. The molecular weight excluding hydrogens is 356 g/mol. The van der Waals surface area contributed by atoms with E-state index in [1.165, 1.54) is 25.0 Å². The summed E-state index contributed by atoms with van der Waals surface area (Å²) in [5, 5.41) is 0. The lowest BCUT2D eigenvalue weighted by atomic mass is 9.55. The minimum atomic E-state index is -1.12. The van der Waals surface area contributed by atoms with Crippen LogP contribution in [0.5, 0.6) is 5.75 Å². The van der Waals surface area contributed by atoms with Gasteiger partial charge in [-0.3, -0.25) is 9.59 Å². The predicted molar refractivity (Wildman–Crippen MR) is 104 cm³/mol. The summed E-state index contributed by atoms with van der Waals surface area (Å²) in [6.07, 6.45) is 5.55. The van der Waals surface area contributed by atoms with E-state index in [-0.39, 0.29) is 17.4 Å². The monoisotopic (exact) mass is 386 g/mol. The van der Waals surface area contributed by atoms with Crippen molar-refractivity contribution in [2.45, 2.75) is 71.0 Å². The van der Waals surface area contributed by atoms with Gasteiger partial charge in [0.1, 0.15) is 5.75 Å². The molecule has 0 spiro atoms. The molecule has 28 heavy (non-hydrogen) atoms. The zero-order chi connectivity index (χ0) is 20.1. The highest BCUT2D eigenvalue weighted by molar-refractivity contribution is 5.69. The van der Waals surface area contributed by atoms with Crippen molar-refractivity contribution in [2.24, 2.45) is 17.3 Å². The summed E-state index contributed by atoms with van der Waals surface area (Å²) >= 11 is 0. The second kappa shape index (κ2) is 6.78. The van der Waals surface area contributed by atoms with Gasteiger partial charge in [-0.15, -0.1) is 0 Å². The molecule has 0 bridgehead atoms. The first-order chi connectivity index (χ1) is 13.3. The molecule has 0 aliphatic heterocycles. The van der Waals surface area contributed by atoms with Gasteiger partial charge in [0.25, 0.3) is 5.79 Å². The molecular formula is C23H30O5. The van der Waals surface area contributed by atoms with Gasteiger partial charge in [-0.05, 0) is 73.1 Å². The van der Waals surface area contributed by atoms with Crippen molar-refractivity contribution in [1.29, 1.82) is 0 Å². The number of methoxy groups -OCH3 is 1. The normalized spacial score (nSPS) is 32.5. The van der Waals surface area contributed by atoms with E-state index in [2.05, 4.69) is 25.1 Å². The molecule has 0 heterocycles. The molecule has 3 aliphatic rings. The topological polar surface area (TPSA) is 61.8 Å². The van der Waals surface area contributed by atoms with Crippen LogP contribution in [0, 0.1) is 17.3 Å². The van der Waals surface area contributed by atoms with Crippen LogP contribution in [0.25, 0.3) is 0 Å². The van der Waals surface area contributed by atoms with E-state index in [4.69, 9.17) is 14.2 Å². The summed E-state index contributed by atoms with van der Waals surface area (Å²) in [4.78, 5) is 23.8. The first-order valence-corrected chi connectivity index (χ1v) is 10.4. The highest BCUT2D eigenvalue weighted by Crippen LogP contribution is 2.65. The number of esters is 2. The number of aryl methyl sites for hydroxylation is 1. The van der Waals surface area contributed by atoms with Crippen LogP contribution in [0.1, 0.15) is 69.9 Å². The van der Waals surface area contributed by atoms with Gasteiger partial charge in [0.05, 0.1) is 7.11 Å². The second-order valence-electron chi connectivity index (χ2n) is 8.92. The lowest BCUT2D eigenvalue weighted by molar-refractivity contribution is -0.270. The van der Waals surface area contributed by atoms with E-state index in [1.54, 1.807) is 7.11 Å². The maximum absolute atomic E-state index is 11.9. The standard InChI is InChI=1S/C23H30O5/c1-14(24)27-23(28-15(2)25)12-10-21-20-7-5-16-13-17(26-4)6-8-18(16)19(20)9-11-22(21,23)3/h6,8,13,19-21H,5,7,9-12H2,1-4H3/t19-,20+,21+,22+/m1/s1. The number of benzene rings is 1. The van der Waals surface area contributed by atoms with Crippen molar-refractivity contribution in [3.05, 3.63) is 29.3 Å². The zero-order valence-corrected chi connectivity index (χ0v) is 17.2. The van der Waals surface area contributed by atoms with E-state index in [9.17, 15) is 9.59 Å². The maximum atomic E-state index is 11.9. The van der Waals surface area contributed by atoms with E-state index < -0.39 is 5.79 Å². The van der Waals surface area contributed by atoms with Gasteiger partial charge >= 0.3 is 11.9 Å². The minimum Gasteiger partial charge on any atom is -0.497 e. The second-order valence-corrected chi connectivity index (χ2v) is 8.92. The summed E-state index contributed by atoms with van der Waals surface area (Å²) in [5.41, 5.74) is 2.50. The van der Waals surface area contributed by atoms with Crippen molar-refractivity contribution in [2.75, 3.05) is 7.11 Å². The summed E-state index contributed by atoms with van der Waals surface area (Å²) in [6.45, 7) is 4.96. The predicted octanol–water partition coefficient (Wildman–Crippen LogP) is 4.37. The molecule has 0 aromatic heterocycles. The largest absolute Gasteiger partial charge is 0.497 e. The van der Waals surface area contributed by atoms with Crippen LogP contribution in [-0.2, 0) is 25.5 Å². The molecule has 0 amide bonds. The lowest BCUT2D eigenvalue weighted by Crippen LogP contribution is -2.54. The van der Waals surface area contributed by atoms with Crippen molar-refractivity contribution >= 4 is 11.9 Å². The highest BCUT2D eigenvalue weighted by Gasteiger charge is 2.66. The summed E-state index contributed by atoms with van der Waals surface area (Å²) in [5.74, 6) is 0.437. The van der Waals surface area contributed by atoms with Crippen LogP contribution in [-0.4, -0.2) is 24.8 Å². The Hall–Kier alpha value is -2.04. The Labute approximate surface area is 166 Å². The van der Waals surface area contributed by atoms with Crippen molar-refractivity contribution in [1.82, 2.24) is 0 Å². The van der Waals surface area contributed by atoms with Crippen molar-refractivity contribution in [3.8, 4) is 5.75 Å². The van der Waals surface area contributed by atoms with Gasteiger partial charge in [-0.25, -0.2) is 0 Å². The minimum absolute atomic E-state index is 0.338. The number of carbonyl (C=O) groups excluding carboxylic acids is 2. The third kappa shape index (κ3) is 2.82. The molecule has 2 fully saturated rings. The Kier molecular flexibility index (Phi) is 4.67. The average Bonchev–Trinajstić information content (AvgIpc) is 2.92. The highest BCUT2D eigenvalue weighted by atomic mass is 16.7. The van der Waals surface area contributed by atoms with Gasteiger partial charge in [-0.1, -0.05) is 13.0 Å². The Morgan fingerprint density at radius 3 is 2.39 bits per heavy atom. The molecule has 1 aromatic carbocycles. The number of rotatable bonds is 3. The SMILES string of the molecule is COc1ccc2c(c1)CC[C@H]1[C@@H]2CC[C@@]2(C)[C@H]1CCC2(OC(C)=O)OC(C)=O. The smallest absolute Gasteiger partial charge is 0.305 e. The number of hydrogen-bond acceptors (Lipinski definition) is 5. The van der Waals surface area contributed by atoms with E-state index in [0.717, 1.165) is 37.9 Å². The van der Waals surface area contributed by atoms with Crippen molar-refractivity contribution in [3.63, 3.8) is 0 Å². The first-order valence-electron chi connectivity index (χ1n) is 10.4. The van der Waals surface area contributed by atoms with Crippen LogP contribution < -0.4 is 4.74 Å². The third-order valence-electron chi connectivity index (χ3n) is 7.60. The van der Waals surface area contributed by atoms with Crippen molar-refractivity contribution < 1.29 is 23.8 Å². The molecule has 3 aliphatic carbocycles. The van der Waals surface area contributed by atoms with E-state index in [0.29, 0.717) is 24.2 Å². The summed E-state index contributed by atoms with van der Waals surface area (Å²) in [7, 11) is 1.71. The van der Waals surface area contributed by atoms with E-state index in [1.807, 2.05) is 0 Å². The Balaban J connectivity index is 1.68. The first kappa shape index (κ1) is 19.3. The molecule has 0 saturated heterocycles. The van der Waals surface area contributed by atoms with Gasteiger partial charge in [-0.2, -0.15) is 0 Å². The van der Waals surface area contributed by atoms with Crippen LogP contribution in [0.4, 0.5) is 0 Å². The van der Waals surface area contributed by atoms with Crippen LogP contribution in [0.3, 0.4) is 0 Å². The van der Waals surface area contributed by atoms with Gasteiger partial charge in [0.2, 0.25) is 0 Å². The maximum Gasteiger partial charge on any atom is 0.305 e. The number of hydrogen-bond donors (Lipinski definition) is 0. The zero-order valence-electron chi connectivity index (χ0n) is 17.2. The quantitative estimate of drug-likeness (QED) is 0.570. The molecule has 0 radical (unpaired) electrons. The molecule has 4 rings (SSSR count). The average molecular weight is 386 g/mol. The van der Waals surface area contributed by atoms with Crippen LogP contribution >= 0.6 is 0 Å². The third-order valence-corrected chi connectivity index (χ3v) is 7.60. The Morgan fingerprint density at radius 2 is 1.75 bits per heavy atom. The molecule has 5 heteroatoms. The molecule has 152 valence electrons. The van der Waals surface area contributed by atoms with Gasteiger partial charge in [0, 0.05) is 25.7 Å². The molecule has 1 aromatic rings. The summed E-state index contributed by atoms with van der Waals surface area (Å²) < 4.78 is 16.9. The molecule has 0 N–H and O–H groups in total. The van der Waals surface area contributed by atoms with E-state index >= 15 is 0 Å². The fraction of sp³-hybridized carbons (Fsp3) is 0.652. The van der Waals surface area contributed by atoms with Gasteiger partial charge in [0.15, 0.2) is 0 Å². The van der Waals surface area contributed by atoms with Crippen LogP contribution in [0.15, 0.2) is 18.2 Å². The summed E-state index contributed by atoms with van der Waals surface area (Å²) in [6, 6.07) is 6.47. The molecule has 5 nitrogen and oxygen atoms in total. The Morgan fingerprint density at radius 1 is 1.04 bits per heavy atom. The number of fused-ring (bicyclic) bond motifs is 5.